The Morgan fingerprint density at radius 2 is 1.96 bits per heavy atom. The van der Waals surface area contributed by atoms with Crippen molar-refractivity contribution in [2.45, 2.75) is 45.7 Å². The van der Waals surface area contributed by atoms with Crippen LogP contribution in [0.3, 0.4) is 0 Å². The molecule has 1 fully saturated rings. The molecule has 1 saturated heterocycles. The van der Waals surface area contributed by atoms with Gasteiger partial charge in [0.2, 0.25) is 0 Å². The van der Waals surface area contributed by atoms with E-state index < -0.39 is 0 Å². The van der Waals surface area contributed by atoms with Gasteiger partial charge in [0.05, 0.1) is 12.2 Å². The van der Waals surface area contributed by atoms with Crippen molar-refractivity contribution in [3.63, 3.8) is 0 Å². The fraction of sp³-hybridized carbons (Fsp3) is 0.765. The Morgan fingerprint density at radius 3 is 2.48 bits per heavy atom. The number of nitrogens with one attached hydrogen (secondary N) is 2. The van der Waals surface area contributed by atoms with Crippen molar-refractivity contribution in [3.05, 3.63) is 15.6 Å². The van der Waals surface area contributed by atoms with Gasteiger partial charge in [-0.2, -0.15) is 0 Å². The summed E-state index contributed by atoms with van der Waals surface area (Å²) in [4.78, 5) is 12.9. The molecule has 0 unspecified atom stereocenters. The molecule has 6 nitrogen and oxygen atoms in total. The van der Waals surface area contributed by atoms with Crippen LogP contribution in [0.25, 0.3) is 0 Å². The van der Waals surface area contributed by atoms with Gasteiger partial charge in [-0.3, -0.25) is 0 Å². The predicted octanol–water partition coefficient (Wildman–Crippen LogP) is 2.54. The van der Waals surface area contributed by atoms with Gasteiger partial charge in [-0.1, -0.05) is 0 Å². The average Bonchev–Trinajstić information content (AvgIpc) is 2.89. The van der Waals surface area contributed by atoms with E-state index in [1.165, 1.54) is 4.88 Å². The van der Waals surface area contributed by atoms with Crippen LogP contribution in [0.4, 0.5) is 0 Å². The Morgan fingerprint density at radius 1 is 1.28 bits per heavy atom. The number of rotatable bonds is 6. The molecule has 2 heterocycles. The standard InChI is InChI=1S/C17H31N5OS.HI/c1-6-18-16(19-11-15-21-13(2)14(3)24-15)20-12-17(22(4)5)7-9-23-10-8-17;/h6-12H2,1-5H3,(H2,18,19,20);1H. The van der Waals surface area contributed by atoms with E-state index in [-0.39, 0.29) is 29.5 Å². The first-order valence-electron chi connectivity index (χ1n) is 8.67. The number of ether oxygens (including phenoxy) is 1. The predicted molar refractivity (Wildman–Crippen MR) is 116 cm³/mol. The highest BCUT2D eigenvalue weighted by Gasteiger charge is 2.34. The summed E-state index contributed by atoms with van der Waals surface area (Å²) in [7, 11) is 4.30. The summed E-state index contributed by atoms with van der Waals surface area (Å²) in [6.07, 6.45) is 2.08. The van der Waals surface area contributed by atoms with Crippen molar-refractivity contribution in [3.8, 4) is 0 Å². The number of nitrogens with zero attached hydrogens (tertiary/aromatic N) is 3. The van der Waals surface area contributed by atoms with Gasteiger partial charge in [-0.05, 0) is 47.7 Å². The molecule has 2 N–H and O–H groups in total. The zero-order valence-electron chi connectivity index (χ0n) is 16.0. The van der Waals surface area contributed by atoms with E-state index in [2.05, 4.69) is 55.4 Å². The second-order valence-electron chi connectivity index (χ2n) is 6.53. The quantitative estimate of drug-likeness (QED) is 0.372. The van der Waals surface area contributed by atoms with Crippen molar-refractivity contribution >= 4 is 41.3 Å². The van der Waals surface area contributed by atoms with E-state index in [1.807, 2.05) is 0 Å². The number of halogens is 1. The summed E-state index contributed by atoms with van der Waals surface area (Å²) in [5, 5.41) is 7.92. The highest BCUT2D eigenvalue weighted by molar-refractivity contribution is 14.0. The number of thiazole rings is 1. The van der Waals surface area contributed by atoms with Gasteiger partial charge in [-0.15, -0.1) is 35.3 Å². The van der Waals surface area contributed by atoms with Crippen LogP contribution < -0.4 is 10.6 Å². The number of aromatic nitrogens is 1. The van der Waals surface area contributed by atoms with Crippen LogP contribution in [0.1, 0.15) is 35.3 Å². The first-order chi connectivity index (χ1) is 11.5. The van der Waals surface area contributed by atoms with Crippen LogP contribution in [0.15, 0.2) is 4.99 Å². The summed E-state index contributed by atoms with van der Waals surface area (Å²) in [6.45, 7) is 10.2. The largest absolute Gasteiger partial charge is 0.381 e. The van der Waals surface area contributed by atoms with Gasteiger partial charge in [0.15, 0.2) is 5.96 Å². The first-order valence-corrected chi connectivity index (χ1v) is 9.49. The van der Waals surface area contributed by atoms with Gasteiger partial charge >= 0.3 is 0 Å². The fourth-order valence-electron chi connectivity index (χ4n) is 2.88. The SMILES string of the molecule is CCNC(=NCc1nc(C)c(C)s1)NCC1(N(C)C)CCOCC1.I. The molecule has 8 heteroatoms. The highest BCUT2D eigenvalue weighted by Crippen LogP contribution is 2.25. The zero-order valence-corrected chi connectivity index (χ0v) is 19.2. The Labute approximate surface area is 172 Å². The Balaban J connectivity index is 0.00000312. The molecular weight excluding hydrogens is 449 g/mol. The molecule has 1 aromatic rings. The van der Waals surface area contributed by atoms with Crippen LogP contribution in [-0.4, -0.2) is 61.8 Å². The molecule has 0 atom stereocenters. The minimum absolute atomic E-state index is 0. The van der Waals surface area contributed by atoms with Gasteiger partial charge in [0.25, 0.3) is 0 Å². The van der Waals surface area contributed by atoms with Gasteiger partial charge < -0.3 is 20.3 Å². The Bertz CT molecular complexity index is 536. The summed E-state index contributed by atoms with van der Waals surface area (Å²) in [5.74, 6) is 0.857. The van der Waals surface area contributed by atoms with Crippen LogP contribution in [0.2, 0.25) is 0 Å². The van der Waals surface area contributed by atoms with Gasteiger partial charge in [0, 0.05) is 36.7 Å². The molecule has 0 amide bonds. The Kier molecular flexibility index (Phi) is 9.61. The lowest BCUT2D eigenvalue weighted by Crippen LogP contribution is -2.57. The van der Waals surface area contributed by atoms with Crippen LogP contribution in [0.5, 0.6) is 0 Å². The maximum Gasteiger partial charge on any atom is 0.191 e. The maximum absolute atomic E-state index is 5.54. The molecule has 1 aromatic heterocycles. The minimum Gasteiger partial charge on any atom is -0.381 e. The number of hydrogen-bond acceptors (Lipinski definition) is 5. The molecule has 1 aliphatic heterocycles. The molecule has 1 aliphatic rings. The lowest BCUT2D eigenvalue weighted by atomic mass is 9.88. The summed E-state index contributed by atoms with van der Waals surface area (Å²) in [6, 6.07) is 0. The monoisotopic (exact) mass is 481 g/mol. The van der Waals surface area contributed by atoms with Crippen molar-refractivity contribution in [2.24, 2.45) is 4.99 Å². The minimum atomic E-state index is 0. The average molecular weight is 481 g/mol. The normalized spacial score (nSPS) is 17.3. The molecule has 0 aliphatic carbocycles. The summed E-state index contributed by atoms with van der Waals surface area (Å²) >= 11 is 1.73. The van der Waals surface area contributed by atoms with Gasteiger partial charge in [0.1, 0.15) is 5.01 Å². The zero-order chi connectivity index (χ0) is 17.6. The fourth-order valence-corrected chi connectivity index (χ4v) is 3.74. The molecule has 0 aromatic carbocycles. The topological polar surface area (TPSA) is 61.8 Å². The van der Waals surface area contributed by atoms with E-state index in [9.17, 15) is 0 Å². The van der Waals surface area contributed by atoms with Crippen LogP contribution >= 0.6 is 35.3 Å². The number of hydrogen-bond donors (Lipinski definition) is 2. The van der Waals surface area contributed by atoms with Crippen molar-refractivity contribution < 1.29 is 4.74 Å². The third kappa shape index (κ3) is 6.33. The number of aryl methyl sites for hydroxylation is 2. The molecule has 0 radical (unpaired) electrons. The Hall–Kier alpha value is -0.450. The third-order valence-corrected chi connectivity index (χ3v) is 5.80. The maximum atomic E-state index is 5.54. The number of guanidine groups is 1. The van der Waals surface area contributed by atoms with E-state index in [0.29, 0.717) is 6.54 Å². The first kappa shape index (κ1) is 22.6. The van der Waals surface area contributed by atoms with E-state index in [1.54, 1.807) is 11.3 Å². The van der Waals surface area contributed by atoms with Crippen molar-refractivity contribution in [1.29, 1.82) is 0 Å². The summed E-state index contributed by atoms with van der Waals surface area (Å²) in [5.41, 5.74) is 1.24. The highest BCUT2D eigenvalue weighted by atomic mass is 127. The second kappa shape index (κ2) is 10.6. The summed E-state index contributed by atoms with van der Waals surface area (Å²) < 4.78 is 5.54. The van der Waals surface area contributed by atoms with E-state index >= 15 is 0 Å². The molecule has 144 valence electrons. The lowest BCUT2D eigenvalue weighted by molar-refractivity contribution is -0.00501. The van der Waals surface area contributed by atoms with Crippen molar-refractivity contribution in [1.82, 2.24) is 20.5 Å². The van der Waals surface area contributed by atoms with E-state index in [4.69, 9.17) is 9.73 Å². The number of likely N-dealkylation sites (N-methyl/N-ethyl adjacent to an activating group) is 1. The molecule has 25 heavy (non-hydrogen) atoms. The van der Waals surface area contributed by atoms with Crippen molar-refractivity contribution in [2.75, 3.05) is 40.4 Å². The molecule has 0 bridgehead atoms. The van der Waals surface area contributed by atoms with E-state index in [0.717, 1.165) is 55.8 Å². The van der Waals surface area contributed by atoms with Crippen LogP contribution in [-0.2, 0) is 11.3 Å². The molecular formula is C17H32IN5OS. The molecule has 2 rings (SSSR count). The third-order valence-electron chi connectivity index (χ3n) is 4.75. The molecule has 0 spiro atoms. The van der Waals surface area contributed by atoms with Crippen LogP contribution in [0, 0.1) is 13.8 Å². The van der Waals surface area contributed by atoms with Gasteiger partial charge in [-0.25, -0.2) is 9.98 Å². The molecule has 0 saturated carbocycles. The number of aliphatic imine (C=N–C) groups is 1. The second-order valence-corrected chi connectivity index (χ2v) is 7.82. The lowest BCUT2D eigenvalue weighted by Gasteiger charge is -2.43. The smallest absolute Gasteiger partial charge is 0.191 e.